The van der Waals surface area contributed by atoms with E-state index in [1.165, 1.54) is 10.4 Å². The van der Waals surface area contributed by atoms with Crippen LogP contribution in [0.1, 0.15) is 20.3 Å². The summed E-state index contributed by atoms with van der Waals surface area (Å²) < 4.78 is 12.0. The minimum Gasteiger partial charge on any atom is -0.386 e. The third-order valence-electron chi connectivity index (χ3n) is 3.18. The molecule has 0 saturated heterocycles. The van der Waals surface area contributed by atoms with E-state index in [2.05, 4.69) is 55.5 Å². The van der Waals surface area contributed by atoms with Crippen LogP contribution in [0, 0.1) is 0 Å². The lowest BCUT2D eigenvalue weighted by molar-refractivity contribution is -0.0770. The van der Waals surface area contributed by atoms with Crippen LogP contribution in [0.3, 0.4) is 0 Å². The van der Waals surface area contributed by atoms with Gasteiger partial charge < -0.3 is 9.16 Å². The van der Waals surface area contributed by atoms with Crippen LogP contribution in [-0.4, -0.2) is 21.9 Å². The molecule has 1 unspecified atom stereocenters. The van der Waals surface area contributed by atoms with Gasteiger partial charge in [-0.1, -0.05) is 67.6 Å². The maximum Gasteiger partial charge on any atom is 0.243 e. The first-order valence-corrected chi connectivity index (χ1v) is 8.84. The fourth-order valence-corrected chi connectivity index (χ4v) is 4.61. The summed E-state index contributed by atoms with van der Waals surface area (Å²) >= 11 is 0. The molecule has 20 heavy (non-hydrogen) atoms. The van der Waals surface area contributed by atoms with Gasteiger partial charge in [-0.15, -0.1) is 0 Å². The summed E-state index contributed by atoms with van der Waals surface area (Å²) in [6, 6.07) is 21.0. The lowest BCUT2D eigenvalue weighted by Crippen LogP contribution is -2.47. The Kier molecular flexibility index (Phi) is 5.99. The molecule has 1 atom stereocenters. The lowest BCUT2D eigenvalue weighted by atomic mass is 10.4. The standard InChI is InChI=1S/C17H22O2Si/c1-3-17(18-4-2)19-20(15-11-7-5-8-12-15)16-13-9-6-10-14-16/h5-14,17,20H,3-4H2,1-2H3. The Hall–Kier alpha value is -1.42. The van der Waals surface area contributed by atoms with E-state index >= 15 is 0 Å². The van der Waals surface area contributed by atoms with E-state index in [9.17, 15) is 0 Å². The number of ether oxygens (including phenoxy) is 1. The Morgan fingerprint density at radius 3 is 1.75 bits per heavy atom. The molecule has 0 fully saturated rings. The molecule has 0 aliphatic rings. The molecule has 0 heterocycles. The van der Waals surface area contributed by atoms with Crippen molar-refractivity contribution in [3.63, 3.8) is 0 Å². The van der Waals surface area contributed by atoms with Gasteiger partial charge >= 0.3 is 0 Å². The summed E-state index contributed by atoms with van der Waals surface area (Å²) in [6.07, 6.45) is 0.758. The largest absolute Gasteiger partial charge is 0.386 e. The van der Waals surface area contributed by atoms with Crippen molar-refractivity contribution >= 4 is 19.4 Å². The molecule has 2 rings (SSSR count). The molecule has 0 aliphatic heterocycles. The summed E-state index contributed by atoms with van der Waals surface area (Å²) in [5.74, 6) is 0. The minimum absolute atomic E-state index is 0.114. The van der Waals surface area contributed by atoms with Gasteiger partial charge in [0, 0.05) is 6.61 Å². The maximum atomic E-state index is 6.33. The van der Waals surface area contributed by atoms with Gasteiger partial charge in [0.25, 0.3) is 0 Å². The van der Waals surface area contributed by atoms with Gasteiger partial charge in [-0.3, -0.25) is 0 Å². The van der Waals surface area contributed by atoms with E-state index in [1.54, 1.807) is 0 Å². The van der Waals surface area contributed by atoms with E-state index in [0.29, 0.717) is 6.61 Å². The van der Waals surface area contributed by atoms with Crippen molar-refractivity contribution in [2.75, 3.05) is 6.61 Å². The van der Waals surface area contributed by atoms with Gasteiger partial charge in [0.15, 0.2) is 0 Å². The van der Waals surface area contributed by atoms with E-state index in [1.807, 2.05) is 19.1 Å². The van der Waals surface area contributed by atoms with Crippen molar-refractivity contribution in [2.45, 2.75) is 26.6 Å². The molecule has 2 aromatic carbocycles. The Bertz CT molecular complexity index is 447. The second kappa shape index (κ2) is 8.00. The summed E-state index contributed by atoms with van der Waals surface area (Å²) in [5, 5.41) is 2.58. The Labute approximate surface area is 123 Å². The normalized spacial score (nSPS) is 12.6. The van der Waals surface area contributed by atoms with Crippen LogP contribution in [0.15, 0.2) is 60.7 Å². The fourth-order valence-electron chi connectivity index (χ4n) is 2.20. The molecule has 0 amide bonds. The average molecular weight is 286 g/mol. The first-order chi connectivity index (χ1) is 9.85. The zero-order chi connectivity index (χ0) is 14.2. The predicted octanol–water partition coefficient (Wildman–Crippen LogP) is 2.31. The van der Waals surface area contributed by atoms with Crippen molar-refractivity contribution in [3.8, 4) is 0 Å². The molecule has 2 nitrogen and oxygen atoms in total. The quantitative estimate of drug-likeness (QED) is 0.574. The lowest BCUT2D eigenvalue weighted by Gasteiger charge is -2.23. The van der Waals surface area contributed by atoms with Gasteiger partial charge in [0.1, 0.15) is 6.29 Å². The van der Waals surface area contributed by atoms with E-state index in [4.69, 9.17) is 9.16 Å². The van der Waals surface area contributed by atoms with Crippen LogP contribution in [0.2, 0.25) is 0 Å². The molecule has 0 aliphatic carbocycles. The highest BCUT2D eigenvalue weighted by Crippen LogP contribution is 2.04. The molecular weight excluding hydrogens is 264 g/mol. The minimum atomic E-state index is -1.68. The first-order valence-electron chi connectivity index (χ1n) is 7.22. The Morgan fingerprint density at radius 2 is 1.35 bits per heavy atom. The van der Waals surface area contributed by atoms with Gasteiger partial charge in [-0.05, 0) is 23.7 Å². The fraction of sp³-hybridized carbons (Fsp3) is 0.294. The van der Waals surface area contributed by atoms with Crippen molar-refractivity contribution < 1.29 is 9.16 Å². The molecule has 0 radical (unpaired) electrons. The van der Waals surface area contributed by atoms with Crippen LogP contribution < -0.4 is 10.4 Å². The Balaban J connectivity index is 2.25. The van der Waals surface area contributed by atoms with Gasteiger partial charge in [-0.25, -0.2) is 0 Å². The molecular formula is C17H22O2Si. The summed E-state index contributed by atoms with van der Waals surface area (Å²) in [7, 11) is -1.68. The van der Waals surface area contributed by atoms with Crippen LogP contribution in [0.5, 0.6) is 0 Å². The van der Waals surface area contributed by atoms with Crippen LogP contribution >= 0.6 is 0 Å². The third-order valence-corrected chi connectivity index (χ3v) is 5.73. The molecule has 3 heteroatoms. The zero-order valence-corrected chi connectivity index (χ0v) is 13.3. The van der Waals surface area contributed by atoms with Crippen molar-refractivity contribution in [1.82, 2.24) is 0 Å². The highest BCUT2D eigenvalue weighted by molar-refractivity contribution is 6.80. The number of benzene rings is 2. The Morgan fingerprint density at radius 1 is 0.850 bits per heavy atom. The zero-order valence-electron chi connectivity index (χ0n) is 12.2. The predicted molar refractivity (Wildman–Crippen MR) is 86.1 cm³/mol. The van der Waals surface area contributed by atoms with Crippen LogP contribution in [0.4, 0.5) is 0 Å². The average Bonchev–Trinajstić information content (AvgIpc) is 2.53. The number of hydrogen-bond donors (Lipinski definition) is 0. The first kappa shape index (κ1) is 15.0. The van der Waals surface area contributed by atoms with Crippen molar-refractivity contribution in [3.05, 3.63) is 60.7 Å². The second-order valence-electron chi connectivity index (χ2n) is 4.63. The highest BCUT2D eigenvalue weighted by Gasteiger charge is 2.21. The number of rotatable bonds is 7. The molecule has 0 spiro atoms. The maximum absolute atomic E-state index is 6.33. The van der Waals surface area contributed by atoms with Crippen molar-refractivity contribution in [2.24, 2.45) is 0 Å². The topological polar surface area (TPSA) is 18.5 Å². The van der Waals surface area contributed by atoms with Gasteiger partial charge in [0.2, 0.25) is 9.04 Å². The molecule has 2 aromatic rings. The van der Waals surface area contributed by atoms with Gasteiger partial charge in [-0.2, -0.15) is 0 Å². The van der Waals surface area contributed by atoms with Crippen LogP contribution in [0.25, 0.3) is 0 Å². The summed E-state index contributed by atoms with van der Waals surface area (Å²) in [6.45, 7) is 4.79. The third kappa shape index (κ3) is 4.03. The number of hydrogen-bond acceptors (Lipinski definition) is 2. The monoisotopic (exact) mass is 286 g/mol. The van der Waals surface area contributed by atoms with Crippen molar-refractivity contribution in [1.29, 1.82) is 0 Å². The molecule has 0 bridgehead atoms. The van der Waals surface area contributed by atoms with E-state index in [0.717, 1.165) is 6.42 Å². The SMILES string of the molecule is CCOC(CC)O[SiH](c1ccccc1)c1ccccc1. The highest BCUT2D eigenvalue weighted by atomic mass is 28.3. The summed E-state index contributed by atoms with van der Waals surface area (Å²) in [4.78, 5) is 0. The smallest absolute Gasteiger partial charge is 0.243 e. The van der Waals surface area contributed by atoms with Crippen LogP contribution in [-0.2, 0) is 9.16 Å². The van der Waals surface area contributed by atoms with Gasteiger partial charge in [0.05, 0.1) is 0 Å². The van der Waals surface area contributed by atoms with E-state index in [-0.39, 0.29) is 6.29 Å². The molecule has 0 saturated carbocycles. The molecule has 106 valence electrons. The molecule has 0 aromatic heterocycles. The van der Waals surface area contributed by atoms with E-state index < -0.39 is 9.04 Å². The summed E-state index contributed by atoms with van der Waals surface area (Å²) in [5.41, 5.74) is 0. The molecule has 0 N–H and O–H groups in total. The second-order valence-corrected chi connectivity index (χ2v) is 7.00.